The second-order valence-electron chi connectivity index (χ2n) is 3.30. The Morgan fingerprint density at radius 3 is 3.06 bits per heavy atom. The van der Waals surface area contributed by atoms with Crippen LogP contribution in [0.1, 0.15) is 5.82 Å². The van der Waals surface area contributed by atoms with Gasteiger partial charge in [-0.3, -0.25) is 9.36 Å². The van der Waals surface area contributed by atoms with Gasteiger partial charge in [0.1, 0.15) is 24.8 Å². The van der Waals surface area contributed by atoms with Gasteiger partial charge in [-0.2, -0.15) is 5.26 Å². The van der Waals surface area contributed by atoms with Gasteiger partial charge in [-0.05, 0) is 28.1 Å². The van der Waals surface area contributed by atoms with E-state index in [1.54, 1.807) is 18.3 Å². The molecular weight excluding hydrogens is 300 g/mol. The van der Waals surface area contributed by atoms with Gasteiger partial charge < -0.3 is 5.32 Å². The summed E-state index contributed by atoms with van der Waals surface area (Å²) in [5, 5.41) is 18.4. The van der Waals surface area contributed by atoms with Gasteiger partial charge in [0, 0.05) is 10.7 Å². The van der Waals surface area contributed by atoms with Crippen molar-refractivity contribution in [2.75, 3.05) is 5.32 Å². The lowest BCUT2D eigenvalue weighted by Gasteiger charge is -2.04. The molecular formula is C10H7BrN6O. The molecule has 2 aromatic heterocycles. The SMILES string of the molecule is N#Cc1nncn1CC(=O)Nc1ccc(Br)cn1. The molecule has 0 radical (unpaired) electrons. The van der Waals surface area contributed by atoms with E-state index in [4.69, 9.17) is 5.26 Å². The fourth-order valence-electron chi connectivity index (χ4n) is 1.24. The largest absolute Gasteiger partial charge is 0.309 e. The molecule has 0 aromatic carbocycles. The van der Waals surface area contributed by atoms with Crippen LogP contribution in [0.3, 0.4) is 0 Å². The molecule has 8 heteroatoms. The van der Waals surface area contributed by atoms with Crippen molar-refractivity contribution in [3.05, 3.63) is 35.0 Å². The van der Waals surface area contributed by atoms with Gasteiger partial charge in [-0.15, -0.1) is 10.2 Å². The van der Waals surface area contributed by atoms with Crippen molar-refractivity contribution >= 4 is 27.7 Å². The lowest BCUT2D eigenvalue weighted by molar-refractivity contribution is -0.116. The molecule has 0 spiro atoms. The van der Waals surface area contributed by atoms with Crippen LogP contribution >= 0.6 is 15.9 Å². The van der Waals surface area contributed by atoms with Crippen LogP contribution in [0.25, 0.3) is 0 Å². The third-order valence-corrected chi connectivity index (χ3v) is 2.49. The quantitative estimate of drug-likeness (QED) is 0.910. The molecule has 0 aliphatic rings. The molecule has 18 heavy (non-hydrogen) atoms. The molecule has 2 rings (SSSR count). The molecule has 0 saturated heterocycles. The van der Waals surface area contributed by atoms with Gasteiger partial charge in [0.25, 0.3) is 0 Å². The third-order valence-electron chi connectivity index (χ3n) is 2.02. The minimum absolute atomic E-state index is 0.0341. The predicted octanol–water partition coefficient (Wildman–Crippen LogP) is 0.946. The number of hydrogen-bond donors (Lipinski definition) is 1. The van der Waals surface area contributed by atoms with Gasteiger partial charge in [-0.25, -0.2) is 4.98 Å². The highest BCUT2D eigenvalue weighted by Crippen LogP contribution is 2.10. The molecule has 0 aliphatic carbocycles. The minimum Gasteiger partial charge on any atom is -0.309 e. The van der Waals surface area contributed by atoms with Gasteiger partial charge in [0.05, 0.1) is 0 Å². The van der Waals surface area contributed by atoms with Crippen molar-refractivity contribution in [3.8, 4) is 6.07 Å². The monoisotopic (exact) mass is 306 g/mol. The number of rotatable bonds is 3. The third kappa shape index (κ3) is 2.89. The fraction of sp³-hybridized carbons (Fsp3) is 0.100. The summed E-state index contributed by atoms with van der Waals surface area (Å²) in [6.07, 6.45) is 2.90. The van der Waals surface area contributed by atoms with Crippen LogP contribution in [0.15, 0.2) is 29.1 Å². The average Bonchev–Trinajstić information content (AvgIpc) is 2.79. The Morgan fingerprint density at radius 2 is 2.39 bits per heavy atom. The maximum Gasteiger partial charge on any atom is 0.245 e. The van der Waals surface area contributed by atoms with Crippen molar-refractivity contribution in [2.24, 2.45) is 0 Å². The van der Waals surface area contributed by atoms with Crippen LogP contribution in [0.4, 0.5) is 5.82 Å². The molecule has 0 aliphatic heterocycles. The van der Waals surface area contributed by atoms with Crippen LogP contribution in [0.5, 0.6) is 0 Å². The van der Waals surface area contributed by atoms with Crippen molar-refractivity contribution in [1.82, 2.24) is 19.7 Å². The Kier molecular flexibility index (Phi) is 3.64. The van der Waals surface area contributed by atoms with Crippen LogP contribution in [-0.4, -0.2) is 25.7 Å². The summed E-state index contributed by atoms with van der Waals surface area (Å²) in [5.74, 6) is 0.227. The smallest absolute Gasteiger partial charge is 0.245 e. The zero-order valence-electron chi connectivity index (χ0n) is 9.04. The summed E-state index contributed by atoms with van der Waals surface area (Å²) in [6.45, 7) is -0.0341. The number of carbonyl (C=O) groups excluding carboxylic acids is 1. The lowest BCUT2D eigenvalue weighted by atomic mass is 10.4. The van der Waals surface area contributed by atoms with E-state index in [0.29, 0.717) is 5.82 Å². The van der Waals surface area contributed by atoms with Crippen LogP contribution in [0, 0.1) is 11.3 Å². The summed E-state index contributed by atoms with van der Waals surface area (Å²) in [6, 6.07) is 5.27. The highest BCUT2D eigenvalue weighted by atomic mass is 79.9. The predicted molar refractivity (Wildman–Crippen MR) is 65.3 cm³/mol. The number of nitrogens with zero attached hydrogens (tertiary/aromatic N) is 5. The first-order chi connectivity index (χ1) is 8.69. The fourth-order valence-corrected chi connectivity index (χ4v) is 1.48. The number of pyridine rings is 1. The molecule has 0 unspecified atom stereocenters. The zero-order valence-corrected chi connectivity index (χ0v) is 10.6. The van der Waals surface area contributed by atoms with Crippen LogP contribution in [0.2, 0.25) is 0 Å². The summed E-state index contributed by atoms with van der Waals surface area (Å²) < 4.78 is 2.18. The van der Waals surface area contributed by atoms with E-state index in [-0.39, 0.29) is 18.3 Å². The van der Waals surface area contributed by atoms with Gasteiger partial charge in [-0.1, -0.05) is 0 Å². The summed E-state index contributed by atoms with van der Waals surface area (Å²) in [7, 11) is 0. The van der Waals surface area contributed by atoms with E-state index in [9.17, 15) is 4.79 Å². The summed E-state index contributed by atoms with van der Waals surface area (Å²) in [5.41, 5.74) is 0. The second kappa shape index (κ2) is 5.37. The Balaban J connectivity index is 2.01. The topological polar surface area (TPSA) is 96.5 Å². The summed E-state index contributed by atoms with van der Waals surface area (Å²) >= 11 is 3.25. The number of anilines is 1. The molecule has 7 nitrogen and oxygen atoms in total. The van der Waals surface area contributed by atoms with Crippen molar-refractivity contribution in [2.45, 2.75) is 6.54 Å². The van der Waals surface area contributed by atoms with Gasteiger partial charge in [0.2, 0.25) is 11.7 Å². The first-order valence-corrected chi connectivity index (χ1v) is 5.67. The zero-order chi connectivity index (χ0) is 13.0. The highest BCUT2D eigenvalue weighted by molar-refractivity contribution is 9.10. The molecule has 1 amide bonds. The molecule has 2 aromatic rings. The average molecular weight is 307 g/mol. The van der Waals surface area contributed by atoms with Crippen LogP contribution < -0.4 is 5.32 Å². The first-order valence-electron chi connectivity index (χ1n) is 4.88. The molecule has 0 atom stereocenters. The van der Waals surface area contributed by atoms with Crippen molar-refractivity contribution in [3.63, 3.8) is 0 Å². The Hall–Kier alpha value is -2.27. The number of hydrogen-bond acceptors (Lipinski definition) is 5. The first kappa shape index (κ1) is 12.2. The number of nitrogens with one attached hydrogen (secondary N) is 1. The van der Waals surface area contributed by atoms with E-state index >= 15 is 0 Å². The molecule has 90 valence electrons. The Labute approximate surface area is 111 Å². The summed E-state index contributed by atoms with van der Waals surface area (Å²) in [4.78, 5) is 15.7. The van der Waals surface area contributed by atoms with Crippen molar-refractivity contribution in [1.29, 1.82) is 5.26 Å². The molecule has 0 saturated carbocycles. The number of halogens is 1. The minimum atomic E-state index is -0.305. The normalized spacial score (nSPS) is 9.78. The van der Waals surface area contributed by atoms with E-state index in [1.165, 1.54) is 10.9 Å². The number of carbonyl (C=O) groups is 1. The van der Waals surface area contributed by atoms with Crippen molar-refractivity contribution < 1.29 is 4.79 Å². The second-order valence-corrected chi connectivity index (χ2v) is 4.22. The van der Waals surface area contributed by atoms with E-state index in [1.807, 2.05) is 6.07 Å². The standard InChI is InChI=1S/C10H7BrN6O/c11-7-1-2-8(13-4-7)15-10(18)5-17-6-14-16-9(17)3-12/h1-2,4,6H,5H2,(H,13,15,18). The van der Waals surface area contributed by atoms with E-state index < -0.39 is 0 Å². The van der Waals surface area contributed by atoms with Crippen LogP contribution in [-0.2, 0) is 11.3 Å². The maximum absolute atomic E-state index is 11.7. The molecule has 0 fully saturated rings. The van der Waals surface area contributed by atoms with Gasteiger partial charge >= 0.3 is 0 Å². The number of nitriles is 1. The highest BCUT2D eigenvalue weighted by Gasteiger charge is 2.08. The lowest BCUT2D eigenvalue weighted by Crippen LogP contribution is -2.19. The maximum atomic E-state index is 11.7. The Bertz CT molecular complexity index is 600. The van der Waals surface area contributed by atoms with E-state index in [0.717, 1.165) is 4.47 Å². The molecule has 1 N–H and O–H groups in total. The van der Waals surface area contributed by atoms with Gasteiger partial charge in [0.15, 0.2) is 0 Å². The molecule has 2 heterocycles. The molecule has 0 bridgehead atoms. The number of amides is 1. The Morgan fingerprint density at radius 1 is 1.56 bits per heavy atom. The number of aromatic nitrogens is 4. The van der Waals surface area contributed by atoms with E-state index in [2.05, 4.69) is 36.4 Å².